The second kappa shape index (κ2) is 59.7. The summed E-state index contributed by atoms with van der Waals surface area (Å²) in [6.07, 6.45) is 44.3. The molecule has 0 rings (SSSR count). The summed E-state index contributed by atoms with van der Waals surface area (Å²) in [5.41, 5.74) is 0. The van der Waals surface area contributed by atoms with Gasteiger partial charge in [-0.2, -0.15) is 0 Å². The van der Waals surface area contributed by atoms with Crippen LogP contribution in [0.1, 0.15) is 336 Å². The average Bonchev–Trinajstić information content (AvgIpc) is 3.53. The lowest BCUT2D eigenvalue weighted by Gasteiger charge is -2.21. The van der Waals surface area contributed by atoms with Crippen LogP contribution in [-0.4, -0.2) is 96.7 Å². The third-order valence-corrected chi connectivity index (χ3v) is 17.2. The Morgan fingerprint density at radius 3 is 0.800 bits per heavy atom. The van der Waals surface area contributed by atoms with Crippen LogP contribution in [0, 0.1) is 5.92 Å². The van der Waals surface area contributed by atoms with Crippen molar-refractivity contribution in [2.75, 3.05) is 39.6 Å². The lowest BCUT2D eigenvalue weighted by atomic mass is 10.0. The van der Waals surface area contributed by atoms with E-state index in [0.29, 0.717) is 25.7 Å². The van der Waals surface area contributed by atoms with Crippen molar-refractivity contribution in [3.8, 4) is 0 Å². The van der Waals surface area contributed by atoms with Gasteiger partial charge in [0.2, 0.25) is 0 Å². The van der Waals surface area contributed by atoms with E-state index >= 15 is 0 Å². The predicted molar refractivity (Wildman–Crippen MR) is 340 cm³/mol. The molecule has 0 fully saturated rings. The number of aliphatic hydroxyl groups is 1. The normalized spacial score (nSPS) is 14.2. The molecular weight excluding hydrogens is 1130 g/mol. The van der Waals surface area contributed by atoms with Crippen LogP contribution in [0.5, 0.6) is 0 Å². The highest BCUT2D eigenvalue weighted by atomic mass is 31.2. The predicted octanol–water partition coefficient (Wildman–Crippen LogP) is 18.6. The van der Waals surface area contributed by atoms with Gasteiger partial charge in [0.15, 0.2) is 12.2 Å². The highest BCUT2D eigenvalue weighted by Gasteiger charge is 2.30. The van der Waals surface area contributed by atoms with E-state index in [0.717, 1.165) is 95.8 Å². The van der Waals surface area contributed by atoms with Crippen molar-refractivity contribution in [1.29, 1.82) is 0 Å². The second-order valence-corrected chi connectivity index (χ2v) is 27.2. The summed E-state index contributed by atoms with van der Waals surface area (Å²) < 4.78 is 68.1. The van der Waals surface area contributed by atoms with Gasteiger partial charge in [-0.05, 0) is 31.6 Å². The number of rotatable bonds is 66. The maximum atomic E-state index is 13.0. The topological polar surface area (TPSA) is 237 Å². The number of ether oxygens (including phenoxy) is 4. The van der Waals surface area contributed by atoms with Crippen LogP contribution in [0.25, 0.3) is 0 Å². The second-order valence-electron chi connectivity index (χ2n) is 24.3. The fourth-order valence-electron chi connectivity index (χ4n) is 9.94. The standard InChI is InChI=1S/C66H128O17P2/c1-6-9-12-15-18-21-23-25-27-30-36-41-46-51-65(70)82-61(56-77-64(69)50-45-40-35-29-26-24-22-19-16-13-10-7-2)57-80-84(72,73)78-53-60(67)54-79-85(74,75)81-58-62(55-76-63(68)49-44-39-34-28-20-17-14-11-8-3)83-66(71)52-47-42-37-32-31-33-38-43-48-59(4)5/h59-62,67H,6-58H2,1-5H3,(H,72,73)(H,74,75)/t60-,61-,62-/m1/s1. The van der Waals surface area contributed by atoms with Crippen molar-refractivity contribution >= 4 is 39.5 Å². The number of esters is 4. The molecule has 0 radical (unpaired) electrons. The molecule has 5 atom stereocenters. The van der Waals surface area contributed by atoms with Crippen LogP contribution in [0.2, 0.25) is 0 Å². The van der Waals surface area contributed by atoms with Crippen molar-refractivity contribution in [1.82, 2.24) is 0 Å². The van der Waals surface area contributed by atoms with Gasteiger partial charge in [-0.3, -0.25) is 37.3 Å². The molecule has 0 saturated carbocycles. The molecule has 0 aliphatic heterocycles. The van der Waals surface area contributed by atoms with Gasteiger partial charge in [0, 0.05) is 25.7 Å². The van der Waals surface area contributed by atoms with Crippen molar-refractivity contribution in [2.45, 2.75) is 355 Å². The van der Waals surface area contributed by atoms with Crippen molar-refractivity contribution in [3.05, 3.63) is 0 Å². The molecule has 0 amide bonds. The van der Waals surface area contributed by atoms with E-state index in [4.69, 9.17) is 37.0 Å². The minimum absolute atomic E-state index is 0.105. The zero-order chi connectivity index (χ0) is 62.8. The number of phosphoric ester groups is 2. The zero-order valence-corrected chi connectivity index (χ0v) is 56.5. The first-order valence-corrected chi connectivity index (χ1v) is 37.6. The summed E-state index contributed by atoms with van der Waals surface area (Å²) >= 11 is 0. The van der Waals surface area contributed by atoms with Crippen LogP contribution in [0.4, 0.5) is 0 Å². The summed E-state index contributed by atoms with van der Waals surface area (Å²) in [6, 6.07) is 0. The zero-order valence-electron chi connectivity index (χ0n) is 54.7. The van der Waals surface area contributed by atoms with Crippen molar-refractivity contribution < 1.29 is 80.2 Å². The molecular formula is C66H128O17P2. The Morgan fingerprint density at radius 2 is 0.541 bits per heavy atom. The van der Waals surface area contributed by atoms with E-state index in [1.807, 2.05) is 0 Å². The van der Waals surface area contributed by atoms with Crippen LogP contribution < -0.4 is 0 Å². The monoisotopic (exact) mass is 1250 g/mol. The number of hydrogen-bond acceptors (Lipinski definition) is 15. The Bertz CT molecular complexity index is 1650. The minimum atomic E-state index is -4.95. The molecule has 0 aromatic carbocycles. The van der Waals surface area contributed by atoms with Gasteiger partial charge in [0.05, 0.1) is 26.4 Å². The molecule has 504 valence electrons. The van der Waals surface area contributed by atoms with Gasteiger partial charge >= 0.3 is 39.5 Å². The number of phosphoric acid groups is 2. The Balaban J connectivity index is 5.24. The molecule has 0 heterocycles. The van der Waals surface area contributed by atoms with E-state index in [1.165, 1.54) is 161 Å². The molecule has 85 heavy (non-hydrogen) atoms. The maximum absolute atomic E-state index is 13.0. The van der Waals surface area contributed by atoms with Crippen LogP contribution in [-0.2, 0) is 65.4 Å². The van der Waals surface area contributed by atoms with E-state index in [-0.39, 0.29) is 25.7 Å². The lowest BCUT2D eigenvalue weighted by Crippen LogP contribution is -2.30. The molecule has 0 aromatic heterocycles. The van der Waals surface area contributed by atoms with E-state index in [2.05, 4.69) is 34.6 Å². The minimum Gasteiger partial charge on any atom is -0.462 e. The van der Waals surface area contributed by atoms with Gasteiger partial charge in [-0.25, -0.2) is 9.13 Å². The summed E-state index contributed by atoms with van der Waals surface area (Å²) in [6.45, 7) is 7.16. The first-order chi connectivity index (χ1) is 41.0. The number of aliphatic hydroxyl groups excluding tert-OH is 1. The molecule has 0 saturated heterocycles. The van der Waals surface area contributed by atoms with Crippen LogP contribution in [0.3, 0.4) is 0 Å². The molecule has 2 unspecified atom stereocenters. The molecule has 17 nitrogen and oxygen atoms in total. The fraction of sp³-hybridized carbons (Fsp3) is 0.939. The van der Waals surface area contributed by atoms with E-state index in [1.54, 1.807) is 0 Å². The SMILES string of the molecule is CCCCCCCCCCCCCCCC(=O)O[C@H](COC(=O)CCCCCCCCCCCCCC)COP(=O)(O)OC[C@@H](O)COP(=O)(O)OC[C@@H](COC(=O)CCCCCCCCCCC)OC(=O)CCCCCCCCCCC(C)C. The Kier molecular flexibility index (Phi) is 58.3. The quantitative estimate of drug-likeness (QED) is 0.0222. The van der Waals surface area contributed by atoms with Gasteiger partial charge < -0.3 is 33.8 Å². The molecule has 0 aliphatic rings. The van der Waals surface area contributed by atoms with Gasteiger partial charge in [-0.15, -0.1) is 0 Å². The average molecular weight is 1260 g/mol. The number of carbonyl (C=O) groups is 4. The van der Waals surface area contributed by atoms with Crippen LogP contribution >= 0.6 is 15.6 Å². The Hall–Kier alpha value is -1.94. The molecule has 0 spiro atoms. The van der Waals surface area contributed by atoms with E-state index < -0.39 is 97.5 Å². The molecule has 19 heteroatoms. The molecule has 0 aliphatic carbocycles. The fourth-order valence-corrected chi connectivity index (χ4v) is 11.5. The van der Waals surface area contributed by atoms with Gasteiger partial charge in [-0.1, -0.05) is 285 Å². The molecule has 3 N–H and O–H groups in total. The van der Waals surface area contributed by atoms with Crippen molar-refractivity contribution in [2.24, 2.45) is 5.92 Å². The smallest absolute Gasteiger partial charge is 0.462 e. The van der Waals surface area contributed by atoms with Crippen molar-refractivity contribution in [3.63, 3.8) is 0 Å². The summed E-state index contributed by atoms with van der Waals surface area (Å²) in [5, 5.41) is 10.5. The highest BCUT2D eigenvalue weighted by Crippen LogP contribution is 2.45. The highest BCUT2D eigenvalue weighted by molar-refractivity contribution is 7.47. The summed E-state index contributed by atoms with van der Waals surface area (Å²) in [5.74, 6) is -1.41. The summed E-state index contributed by atoms with van der Waals surface area (Å²) in [4.78, 5) is 72.3. The van der Waals surface area contributed by atoms with Gasteiger partial charge in [0.1, 0.15) is 19.3 Å². The molecule has 0 aromatic rings. The van der Waals surface area contributed by atoms with Gasteiger partial charge in [0.25, 0.3) is 0 Å². The number of carbonyl (C=O) groups excluding carboxylic acids is 4. The first-order valence-electron chi connectivity index (χ1n) is 34.6. The Morgan fingerprint density at radius 1 is 0.318 bits per heavy atom. The van der Waals surface area contributed by atoms with Crippen LogP contribution in [0.15, 0.2) is 0 Å². The third-order valence-electron chi connectivity index (χ3n) is 15.3. The Labute approximate surface area is 517 Å². The maximum Gasteiger partial charge on any atom is 0.472 e. The van der Waals surface area contributed by atoms with E-state index in [9.17, 15) is 43.2 Å². The largest absolute Gasteiger partial charge is 0.472 e. The lowest BCUT2D eigenvalue weighted by molar-refractivity contribution is -0.161. The molecule has 0 bridgehead atoms. The first kappa shape index (κ1) is 83.1. The number of unbranched alkanes of at least 4 members (excludes halogenated alkanes) is 38. The number of hydrogen-bond donors (Lipinski definition) is 3. The third kappa shape index (κ3) is 60.7. The summed E-state index contributed by atoms with van der Waals surface area (Å²) in [7, 11) is -9.89.